The Labute approximate surface area is 123 Å². The largest absolute Gasteiger partial charge is 0.465 e. The fourth-order valence-electron chi connectivity index (χ4n) is 2.30. The molecule has 2 aliphatic heterocycles. The Morgan fingerprint density at radius 3 is 2.57 bits per heavy atom. The number of hydrogen-bond acceptors (Lipinski definition) is 5. The predicted octanol–water partition coefficient (Wildman–Crippen LogP) is -0.424. The first kappa shape index (κ1) is 15.5. The molecule has 1 fully saturated rings. The van der Waals surface area contributed by atoms with Crippen molar-refractivity contribution in [3.05, 3.63) is 0 Å². The standard InChI is InChI=1S/C12H22N6O3/c1-2-5-18(15-10-13-3-4-14-10)11(19)16-6-8-17(9-7-16)12(20)21/h3,10,14-15H,2,4-9H2,1H3,(H,20,21). The minimum absolute atomic E-state index is 0.134. The number of nitrogens with one attached hydrogen (secondary N) is 2. The van der Waals surface area contributed by atoms with Crippen LogP contribution < -0.4 is 10.7 Å². The summed E-state index contributed by atoms with van der Waals surface area (Å²) in [6.07, 6.45) is 1.37. The minimum Gasteiger partial charge on any atom is -0.465 e. The zero-order chi connectivity index (χ0) is 15.2. The molecule has 1 saturated heterocycles. The van der Waals surface area contributed by atoms with Gasteiger partial charge in [-0.25, -0.2) is 9.59 Å². The van der Waals surface area contributed by atoms with Gasteiger partial charge in [-0.1, -0.05) is 6.92 Å². The second-order valence-electron chi connectivity index (χ2n) is 4.96. The van der Waals surface area contributed by atoms with Gasteiger partial charge in [0.15, 0.2) is 6.29 Å². The van der Waals surface area contributed by atoms with Crippen LogP contribution in [0.5, 0.6) is 0 Å². The first-order chi connectivity index (χ1) is 10.1. The summed E-state index contributed by atoms with van der Waals surface area (Å²) in [7, 11) is 0. The maximum atomic E-state index is 12.5. The molecular formula is C12H22N6O3. The van der Waals surface area contributed by atoms with Gasteiger partial charge in [0, 0.05) is 45.5 Å². The Kier molecular flexibility index (Phi) is 5.34. The maximum absolute atomic E-state index is 12.5. The number of aliphatic imine (C=N–C) groups is 1. The molecule has 0 spiro atoms. The van der Waals surface area contributed by atoms with Crippen molar-refractivity contribution in [1.29, 1.82) is 0 Å². The molecule has 0 aromatic carbocycles. The van der Waals surface area contributed by atoms with Crippen molar-refractivity contribution in [3.8, 4) is 0 Å². The number of rotatable bonds is 4. The summed E-state index contributed by atoms with van der Waals surface area (Å²) in [6.45, 7) is 4.77. The van der Waals surface area contributed by atoms with Crippen molar-refractivity contribution in [2.75, 3.05) is 39.3 Å². The van der Waals surface area contributed by atoms with Crippen LogP contribution in [-0.2, 0) is 0 Å². The van der Waals surface area contributed by atoms with Gasteiger partial charge in [0.25, 0.3) is 0 Å². The molecule has 0 aromatic rings. The first-order valence-corrected chi connectivity index (χ1v) is 7.17. The van der Waals surface area contributed by atoms with Gasteiger partial charge in [-0.05, 0) is 6.42 Å². The zero-order valence-corrected chi connectivity index (χ0v) is 12.2. The van der Waals surface area contributed by atoms with Crippen molar-refractivity contribution >= 4 is 18.3 Å². The van der Waals surface area contributed by atoms with Gasteiger partial charge in [0.05, 0.1) is 0 Å². The highest BCUT2D eigenvalue weighted by Gasteiger charge is 2.28. The highest BCUT2D eigenvalue weighted by Crippen LogP contribution is 2.06. The smallest absolute Gasteiger partial charge is 0.407 e. The average molecular weight is 298 g/mol. The molecule has 3 N–H and O–H groups in total. The summed E-state index contributed by atoms with van der Waals surface area (Å²) >= 11 is 0. The molecule has 0 radical (unpaired) electrons. The van der Waals surface area contributed by atoms with Crippen LogP contribution in [-0.4, -0.2) is 83.8 Å². The lowest BCUT2D eigenvalue weighted by atomic mass is 10.3. The summed E-state index contributed by atoms with van der Waals surface area (Å²) in [6, 6.07) is -0.134. The third-order valence-corrected chi connectivity index (χ3v) is 3.43. The number of carbonyl (C=O) groups is 2. The fourth-order valence-corrected chi connectivity index (χ4v) is 2.30. The Morgan fingerprint density at radius 1 is 1.38 bits per heavy atom. The summed E-state index contributed by atoms with van der Waals surface area (Å²) in [5.41, 5.74) is 3.05. The summed E-state index contributed by atoms with van der Waals surface area (Å²) in [5, 5.41) is 13.6. The Bertz CT molecular complexity index is 408. The Morgan fingerprint density at radius 2 is 2.05 bits per heavy atom. The molecule has 2 rings (SSSR count). The van der Waals surface area contributed by atoms with Crippen LogP contribution in [0.15, 0.2) is 4.99 Å². The summed E-state index contributed by atoms with van der Waals surface area (Å²) < 4.78 is 0. The SMILES string of the molecule is CCCN(NC1N=CCN1)C(=O)N1CCN(C(=O)O)CC1. The first-order valence-electron chi connectivity index (χ1n) is 7.17. The Hall–Kier alpha value is -1.87. The van der Waals surface area contributed by atoms with Crippen LogP contribution in [0, 0.1) is 0 Å². The average Bonchev–Trinajstić information content (AvgIpc) is 2.99. The number of nitrogens with zero attached hydrogens (tertiary/aromatic N) is 4. The summed E-state index contributed by atoms with van der Waals surface area (Å²) in [5.74, 6) is 0. The molecule has 9 heteroatoms. The van der Waals surface area contributed by atoms with Crippen LogP contribution in [0.4, 0.5) is 9.59 Å². The lowest BCUT2D eigenvalue weighted by Gasteiger charge is -2.37. The van der Waals surface area contributed by atoms with Gasteiger partial charge in [-0.3, -0.25) is 15.3 Å². The second-order valence-corrected chi connectivity index (χ2v) is 4.96. The molecule has 0 aromatic heterocycles. The molecule has 2 aliphatic rings. The molecule has 3 amide bonds. The Balaban J connectivity index is 1.89. The molecule has 118 valence electrons. The highest BCUT2D eigenvalue weighted by atomic mass is 16.4. The summed E-state index contributed by atoms with van der Waals surface area (Å²) in [4.78, 5) is 30.5. The number of carbonyl (C=O) groups excluding carboxylic acids is 1. The molecular weight excluding hydrogens is 276 g/mol. The third kappa shape index (κ3) is 4.05. The molecule has 9 nitrogen and oxygen atoms in total. The molecule has 0 saturated carbocycles. The monoisotopic (exact) mass is 298 g/mol. The van der Waals surface area contributed by atoms with Crippen molar-refractivity contribution in [3.63, 3.8) is 0 Å². The van der Waals surface area contributed by atoms with E-state index in [4.69, 9.17) is 5.11 Å². The fraction of sp³-hybridized carbons (Fsp3) is 0.750. The molecule has 2 heterocycles. The number of urea groups is 1. The van der Waals surface area contributed by atoms with Crippen LogP contribution in [0.25, 0.3) is 0 Å². The van der Waals surface area contributed by atoms with Gasteiger partial charge < -0.3 is 14.9 Å². The molecule has 21 heavy (non-hydrogen) atoms. The van der Waals surface area contributed by atoms with Crippen LogP contribution in [0.2, 0.25) is 0 Å². The molecule has 0 bridgehead atoms. The molecule has 1 unspecified atom stereocenters. The number of carboxylic acid groups (broad SMARTS) is 1. The van der Waals surface area contributed by atoms with E-state index in [1.807, 2.05) is 6.92 Å². The van der Waals surface area contributed by atoms with E-state index in [0.717, 1.165) is 6.42 Å². The van der Waals surface area contributed by atoms with E-state index in [9.17, 15) is 9.59 Å². The van der Waals surface area contributed by atoms with Crippen LogP contribution >= 0.6 is 0 Å². The van der Waals surface area contributed by atoms with E-state index in [-0.39, 0.29) is 12.3 Å². The van der Waals surface area contributed by atoms with Gasteiger partial charge in [-0.15, -0.1) is 0 Å². The number of piperazine rings is 1. The maximum Gasteiger partial charge on any atom is 0.407 e. The van der Waals surface area contributed by atoms with Crippen molar-refractivity contribution in [2.45, 2.75) is 19.6 Å². The van der Waals surface area contributed by atoms with Gasteiger partial charge in [-0.2, -0.15) is 5.43 Å². The molecule has 0 aliphatic carbocycles. The van der Waals surface area contributed by atoms with E-state index in [1.165, 1.54) is 4.90 Å². The van der Waals surface area contributed by atoms with Gasteiger partial charge in [0.2, 0.25) is 0 Å². The predicted molar refractivity (Wildman–Crippen MR) is 77.0 cm³/mol. The topological polar surface area (TPSA) is 101 Å². The van der Waals surface area contributed by atoms with Gasteiger partial charge >= 0.3 is 12.1 Å². The highest BCUT2D eigenvalue weighted by molar-refractivity contribution is 5.74. The minimum atomic E-state index is -0.935. The third-order valence-electron chi connectivity index (χ3n) is 3.43. The number of amides is 3. The lowest BCUT2D eigenvalue weighted by Crippen LogP contribution is -2.59. The van der Waals surface area contributed by atoms with E-state index in [2.05, 4.69) is 15.7 Å². The zero-order valence-electron chi connectivity index (χ0n) is 12.2. The van der Waals surface area contributed by atoms with Crippen molar-refractivity contribution in [2.24, 2.45) is 4.99 Å². The second kappa shape index (κ2) is 7.23. The quantitative estimate of drug-likeness (QED) is 0.612. The van der Waals surface area contributed by atoms with E-state index < -0.39 is 6.09 Å². The van der Waals surface area contributed by atoms with Crippen molar-refractivity contribution in [1.82, 2.24) is 25.6 Å². The van der Waals surface area contributed by atoms with E-state index >= 15 is 0 Å². The van der Waals surface area contributed by atoms with Crippen LogP contribution in [0.3, 0.4) is 0 Å². The number of hydrogen-bond donors (Lipinski definition) is 3. The van der Waals surface area contributed by atoms with E-state index in [1.54, 1.807) is 16.1 Å². The molecule has 1 atom stereocenters. The van der Waals surface area contributed by atoms with E-state index in [0.29, 0.717) is 39.3 Å². The normalized spacial score (nSPS) is 21.7. The van der Waals surface area contributed by atoms with Gasteiger partial charge in [0.1, 0.15) is 0 Å². The number of hydrazine groups is 1. The van der Waals surface area contributed by atoms with Crippen LogP contribution in [0.1, 0.15) is 13.3 Å². The van der Waals surface area contributed by atoms with Crippen molar-refractivity contribution < 1.29 is 14.7 Å². The lowest BCUT2D eigenvalue weighted by molar-refractivity contribution is 0.0837.